The van der Waals surface area contributed by atoms with Crippen LogP contribution in [-0.2, 0) is 13.1 Å². The highest BCUT2D eigenvalue weighted by atomic mass is 32.1. The lowest BCUT2D eigenvalue weighted by Gasteiger charge is -2.22. The summed E-state index contributed by atoms with van der Waals surface area (Å²) in [6.07, 6.45) is 0. The van der Waals surface area contributed by atoms with E-state index < -0.39 is 0 Å². The summed E-state index contributed by atoms with van der Waals surface area (Å²) < 4.78 is 0. The van der Waals surface area contributed by atoms with Gasteiger partial charge in [0.1, 0.15) is 5.82 Å². The van der Waals surface area contributed by atoms with Crippen LogP contribution in [0.1, 0.15) is 22.5 Å². The molecule has 1 N–H and O–H groups in total. The minimum absolute atomic E-state index is 0.788. The molecule has 0 unspecified atom stereocenters. The number of pyridine rings is 1. The van der Waals surface area contributed by atoms with Gasteiger partial charge in [-0.2, -0.15) is 0 Å². The van der Waals surface area contributed by atoms with Crippen LogP contribution >= 0.6 is 11.3 Å². The van der Waals surface area contributed by atoms with Crippen molar-refractivity contribution in [2.45, 2.75) is 26.9 Å². The molecule has 0 aliphatic heterocycles. The number of anilines is 1. The van der Waals surface area contributed by atoms with Crippen LogP contribution in [0.15, 0.2) is 17.0 Å². The Hall–Kier alpha value is -1.46. The number of rotatable bonds is 5. The number of nitrogens with zero attached hydrogens (tertiary/aromatic N) is 3. The van der Waals surface area contributed by atoms with Gasteiger partial charge in [-0.25, -0.2) is 9.97 Å². The molecule has 0 aliphatic carbocycles. The predicted octanol–water partition coefficient (Wildman–Crippen LogP) is 2.51. The average molecular weight is 276 g/mol. The quantitative estimate of drug-likeness (QED) is 0.911. The van der Waals surface area contributed by atoms with Crippen LogP contribution in [0.3, 0.4) is 0 Å². The molecule has 0 radical (unpaired) electrons. The van der Waals surface area contributed by atoms with Gasteiger partial charge in [0.2, 0.25) is 0 Å². The molecule has 0 saturated carbocycles. The lowest BCUT2D eigenvalue weighted by Crippen LogP contribution is -2.22. The fraction of sp³-hybridized carbons (Fsp3) is 0.429. The standard InChI is InChI=1S/C14H20N4S/c1-10-5-11(2)17-14(13(10)6-15-3)18(4)7-12-8-19-9-16-12/h5,8-9,15H,6-7H2,1-4H3. The van der Waals surface area contributed by atoms with Crippen molar-refractivity contribution in [1.29, 1.82) is 0 Å². The van der Waals surface area contributed by atoms with E-state index in [0.717, 1.165) is 30.3 Å². The molecule has 2 aromatic heterocycles. The molecule has 0 amide bonds. The number of nitrogens with one attached hydrogen (secondary N) is 1. The summed E-state index contributed by atoms with van der Waals surface area (Å²) in [5, 5.41) is 5.30. The zero-order valence-corrected chi connectivity index (χ0v) is 12.7. The maximum absolute atomic E-state index is 4.69. The summed E-state index contributed by atoms with van der Waals surface area (Å²) in [7, 11) is 4.03. The van der Waals surface area contributed by atoms with Crippen LogP contribution in [0.4, 0.5) is 5.82 Å². The molecule has 0 bridgehead atoms. The molecule has 4 nitrogen and oxygen atoms in total. The maximum atomic E-state index is 4.69. The van der Waals surface area contributed by atoms with Crippen molar-refractivity contribution in [1.82, 2.24) is 15.3 Å². The fourth-order valence-electron chi connectivity index (χ4n) is 2.19. The van der Waals surface area contributed by atoms with Crippen molar-refractivity contribution < 1.29 is 0 Å². The Labute approximate surface area is 118 Å². The molecule has 0 aromatic carbocycles. The third kappa shape index (κ3) is 3.30. The zero-order valence-electron chi connectivity index (χ0n) is 11.9. The maximum Gasteiger partial charge on any atom is 0.133 e. The Morgan fingerprint density at radius 3 is 2.79 bits per heavy atom. The van der Waals surface area contributed by atoms with Crippen LogP contribution in [0.2, 0.25) is 0 Å². The molecule has 2 aromatic rings. The van der Waals surface area contributed by atoms with Gasteiger partial charge < -0.3 is 10.2 Å². The summed E-state index contributed by atoms with van der Waals surface area (Å²) >= 11 is 1.63. The van der Waals surface area contributed by atoms with Crippen LogP contribution in [0, 0.1) is 13.8 Å². The van der Waals surface area contributed by atoms with E-state index in [4.69, 9.17) is 4.98 Å². The van der Waals surface area contributed by atoms with E-state index in [0.29, 0.717) is 0 Å². The predicted molar refractivity (Wildman–Crippen MR) is 80.7 cm³/mol. The van der Waals surface area contributed by atoms with E-state index in [2.05, 4.69) is 40.6 Å². The normalized spacial score (nSPS) is 10.7. The number of aromatic nitrogens is 2. The highest BCUT2D eigenvalue weighted by Crippen LogP contribution is 2.23. The molecule has 0 aliphatic rings. The molecule has 0 fully saturated rings. The topological polar surface area (TPSA) is 41.1 Å². The Balaban J connectivity index is 2.31. The molecule has 102 valence electrons. The first-order chi connectivity index (χ1) is 9.11. The van der Waals surface area contributed by atoms with E-state index in [-0.39, 0.29) is 0 Å². The van der Waals surface area contributed by atoms with E-state index in [1.807, 2.05) is 19.5 Å². The van der Waals surface area contributed by atoms with Crippen molar-refractivity contribution in [2.75, 3.05) is 19.0 Å². The van der Waals surface area contributed by atoms with Crippen LogP contribution < -0.4 is 10.2 Å². The Bertz CT molecular complexity index is 537. The Morgan fingerprint density at radius 2 is 2.16 bits per heavy atom. The summed E-state index contributed by atoms with van der Waals surface area (Å²) in [4.78, 5) is 11.2. The summed E-state index contributed by atoms with van der Waals surface area (Å²) in [6, 6.07) is 2.13. The molecular formula is C14H20N4S. The second-order valence-corrected chi connectivity index (χ2v) is 5.47. The van der Waals surface area contributed by atoms with Crippen molar-refractivity contribution in [3.63, 3.8) is 0 Å². The molecule has 0 saturated heterocycles. The third-order valence-corrected chi connectivity index (χ3v) is 3.69. The molecular weight excluding hydrogens is 256 g/mol. The second-order valence-electron chi connectivity index (χ2n) is 4.75. The summed E-state index contributed by atoms with van der Waals surface area (Å²) in [5.41, 5.74) is 6.54. The molecule has 19 heavy (non-hydrogen) atoms. The SMILES string of the molecule is CNCc1c(C)cc(C)nc1N(C)Cc1cscn1. The van der Waals surface area contributed by atoms with Crippen LogP contribution in [0.5, 0.6) is 0 Å². The van der Waals surface area contributed by atoms with Crippen molar-refractivity contribution in [3.8, 4) is 0 Å². The minimum atomic E-state index is 0.788. The van der Waals surface area contributed by atoms with Gasteiger partial charge in [-0.15, -0.1) is 11.3 Å². The smallest absolute Gasteiger partial charge is 0.133 e. The summed E-state index contributed by atoms with van der Waals surface area (Å²) in [5.74, 6) is 1.04. The molecule has 2 heterocycles. The van der Waals surface area contributed by atoms with Gasteiger partial charge >= 0.3 is 0 Å². The number of hydrogen-bond acceptors (Lipinski definition) is 5. The first-order valence-corrected chi connectivity index (χ1v) is 7.26. The monoisotopic (exact) mass is 276 g/mol. The van der Waals surface area contributed by atoms with Gasteiger partial charge in [0.15, 0.2) is 0 Å². The zero-order chi connectivity index (χ0) is 13.8. The Kier molecular flexibility index (Phi) is 4.50. The van der Waals surface area contributed by atoms with Gasteiger partial charge in [0.05, 0.1) is 17.7 Å². The van der Waals surface area contributed by atoms with Crippen molar-refractivity contribution in [2.24, 2.45) is 0 Å². The number of thiazole rings is 1. The van der Waals surface area contributed by atoms with Gasteiger partial charge in [0.25, 0.3) is 0 Å². The fourth-order valence-corrected chi connectivity index (χ4v) is 2.74. The van der Waals surface area contributed by atoms with Gasteiger partial charge in [0, 0.05) is 30.2 Å². The molecule has 5 heteroatoms. The first-order valence-electron chi connectivity index (χ1n) is 6.31. The van der Waals surface area contributed by atoms with Gasteiger partial charge in [-0.3, -0.25) is 0 Å². The minimum Gasteiger partial charge on any atom is -0.353 e. The van der Waals surface area contributed by atoms with Crippen LogP contribution in [0.25, 0.3) is 0 Å². The highest BCUT2D eigenvalue weighted by molar-refractivity contribution is 7.07. The lowest BCUT2D eigenvalue weighted by molar-refractivity contribution is 0.783. The van der Waals surface area contributed by atoms with E-state index in [1.165, 1.54) is 11.1 Å². The number of aryl methyl sites for hydroxylation is 2. The first kappa shape index (κ1) is 14.0. The van der Waals surface area contributed by atoms with Crippen molar-refractivity contribution >= 4 is 17.2 Å². The van der Waals surface area contributed by atoms with Gasteiger partial charge in [-0.1, -0.05) is 0 Å². The van der Waals surface area contributed by atoms with E-state index in [9.17, 15) is 0 Å². The highest BCUT2D eigenvalue weighted by Gasteiger charge is 2.13. The lowest BCUT2D eigenvalue weighted by atomic mass is 10.1. The molecule has 0 spiro atoms. The van der Waals surface area contributed by atoms with E-state index in [1.54, 1.807) is 11.3 Å². The van der Waals surface area contributed by atoms with Gasteiger partial charge in [-0.05, 0) is 32.5 Å². The van der Waals surface area contributed by atoms with Crippen LogP contribution in [-0.4, -0.2) is 24.1 Å². The second kappa shape index (κ2) is 6.12. The summed E-state index contributed by atoms with van der Waals surface area (Å²) in [6.45, 7) is 5.80. The largest absolute Gasteiger partial charge is 0.353 e. The van der Waals surface area contributed by atoms with E-state index >= 15 is 0 Å². The Morgan fingerprint density at radius 1 is 1.37 bits per heavy atom. The van der Waals surface area contributed by atoms with Crippen molar-refractivity contribution in [3.05, 3.63) is 39.5 Å². The third-order valence-electron chi connectivity index (χ3n) is 3.05. The molecule has 2 rings (SSSR count). The average Bonchev–Trinajstić information content (AvgIpc) is 2.85. The molecule has 0 atom stereocenters. The number of hydrogen-bond donors (Lipinski definition) is 1.